The van der Waals surface area contributed by atoms with E-state index in [0.29, 0.717) is 6.54 Å². The van der Waals surface area contributed by atoms with Crippen LogP contribution in [0.15, 0.2) is 0 Å². The van der Waals surface area contributed by atoms with Gasteiger partial charge < -0.3 is 10.6 Å². The van der Waals surface area contributed by atoms with Crippen molar-refractivity contribution >= 4 is 5.91 Å². The topological polar surface area (TPSA) is 44.4 Å². The van der Waals surface area contributed by atoms with E-state index in [1.165, 1.54) is 19.3 Å². The van der Waals surface area contributed by atoms with Gasteiger partial charge in [-0.3, -0.25) is 9.69 Å². The molecular weight excluding hydrogens is 214 g/mol. The maximum atomic E-state index is 11.7. The lowest BCUT2D eigenvalue weighted by Gasteiger charge is -2.18. The molecule has 1 aliphatic rings. The smallest absolute Gasteiger partial charge is 0.234 e. The Morgan fingerprint density at radius 1 is 1.24 bits per heavy atom. The lowest BCUT2D eigenvalue weighted by molar-refractivity contribution is -0.122. The molecule has 0 aromatic heterocycles. The summed E-state index contributed by atoms with van der Waals surface area (Å²) in [6.07, 6.45) is 6.00. The summed E-state index contributed by atoms with van der Waals surface area (Å²) in [6.45, 7) is 7.71. The molecule has 4 nitrogen and oxygen atoms in total. The van der Waals surface area contributed by atoms with Crippen molar-refractivity contribution in [2.24, 2.45) is 0 Å². The summed E-state index contributed by atoms with van der Waals surface area (Å²) in [4.78, 5) is 13.9. The molecule has 2 N–H and O–H groups in total. The summed E-state index contributed by atoms with van der Waals surface area (Å²) in [5, 5.41) is 6.35. The minimum atomic E-state index is 0.184. The Hall–Kier alpha value is -0.610. The largest absolute Gasteiger partial charge is 0.355 e. The van der Waals surface area contributed by atoms with Gasteiger partial charge in [0.15, 0.2) is 0 Å². The van der Waals surface area contributed by atoms with E-state index in [1.807, 2.05) is 0 Å². The van der Waals surface area contributed by atoms with Crippen LogP contribution in [-0.4, -0.2) is 50.1 Å². The van der Waals surface area contributed by atoms with Crippen molar-refractivity contribution in [3.8, 4) is 0 Å². The van der Waals surface area contributed by atoms with Crippen LogP contribution >= 0.6 is 0 Å². The van der Waals surface area contributed by atoms with Gasteiger partial charge in [0.1, 0.15) is 0 Å². The van der Waals surface area contributed by atoms with Crippen LogP contribution in [0.5, 0.6) is 0 Å². The zero-order valence-electron chi connectivity index (χ0n) is 11.1. The molecule has 1 heterocycles. The van der Waals surface area contributed by atoms with E-state index >= 15 is 0 Å². The quantitative estimate of drug-likeness (QED) is 0.653. The number of carbonyl (C=O) groups excluding carboxylic acids is 1. The number of nitrogens with zero attached hydrogens (tertiary/aromatic N) is 1. The lowest BCUT2D eigenvalue weighted by Crippen LogP contribution is -2.39. The van der Waals surface area contributed by atoms with E-state index in [1.54, 1.807) is 0 Å². The van der Waals surface area contributed by atoms with Crippen molar-refractivity contribution in [1.82, 2.24) is 15.5 Å². The molecule has 0 spiro atoms. The highest BCUT2D eigenvalue weighted by Crippen LogP contribution is 1.97. The van der Waals surface area contributed by atoms with E-state index in [0.717, 1.165) is 45.6 Å². The fourth-order valence-corrected chi connectivity index (χ4v) is 2.10. The number of rotatable bonds is 7. The van der Waals surface area contributed by atoms with Crippen molar-refractivity contribution < 1.29 is 4.79 Å². The van der Waals surface area contributed by atoms with E-state index in [4.69, 9.17) is 0 Å². The standard InChI is InChI=1S/C13H27N3O/c1-2-3-4-5-8-15-13(17)12-16-10-6-7-14-9-11-16/h14H,2-12H2,1H3,(H,15,17). The van der Waals surface area contributed by atoms with Gasteiger partial charge in [-0.25, -0.2) is 0 Å². The Bertz CT molecular complexity index is 201. The summed E-state index contributed by atoms with van der Waals surface area (Å²) in [7, 11) is 0. The fraction of sp³-hybridized carbons (Fsp3) is 0.923. The number of amides is 1. The normalized spacial score (nSPS) is 17.7. The highest BCUT2D eigenvalue weighted by atomic mass is 16.2. The van der Waals surface area contributed by atoms with Gasteiger partial charge >= 0.3 is 0 Å². The second kappa shape index (κ2) is 9.42. The van der Waals surface area contributed by atoms with Crippen LogP contribution in [-0.2, 0) is 4.79 Å². The maximum absolute atomic E-state index is 11.7. The van der Waals surface area contributed by atoms with Gasteiger partial charge in [-0.15, -0.1) is 0 Å². The van der Waals surface area contributed by atoms with E-state index in [2.05, 4.69) is 22.5 Å². The molecule has 100 valence electrons. The summed E-state index contributed by atoms with van der Waals surface area (Å²) in [5.41, 5.74) is 0. The Labute approximate surface area is 105 Å². The molecular formula is C13H27N3O. The molecule has 0 radical (unpaired) electrons. The minimum Gasteiger partial charge on any atom is -0.355 e. The average Bonchev–Trinajstić information content (AvgIpc) is 2.57. The SMILES string of the molecule is CCCCCCNC(=O)CN1CCCNCC1. The van der Waals surface area contributed by atoms with Crippen LogP contribution in [0.3, 0.4) is 0 Å². The molecule has 1 aliphatic heterocycles. The van der Waals surface area contributed by atoms with Crippen LogP contribution in [0, 0.1) is 0 Å². The molecule has 1 saturated heterocycles. The number of hydrogen-bond acceptors (Lipinski definition) is 3. The number of unbranched alkanes of at least 4 members (excludes halogenated alkanes) is 3. The van der Waals surface area contributed by atoms with Crippen molar-refractivity contribution in [3.63, 3.8) is 0 Å². The highest BCUT2D eigenvalue weighted by Gasteiger charge is 2.11. The molecule has 0 atom stereocenters. The molecule has 1 rings (SSSR count). The second-order valence-corrected chi connectivity index (χ2v) is 4.79. The molecule has 1 amide bonds. The lowest BCUT2D eigenvalue weighted by atomic mass is 10.2. The molecule has 4 heteroatoms. The third-order valence-electron chi connectivity index (χ3n) is 3.15. The molecule has 17 heavy (non-hydrogen) atoms. The Balaban J connectivity index is 2.03. The predicted molar refractivity (Wildman–Crippen MR) is 71.1 cm³/mol. The van der Waals surface area contributed by atoms with Gasteiger partial charge in [0.2, 0.25) is 5.91 Å². The Kier molecular flexibility index (Phi) is 8.01. The third kappa shape index (κ3) is 7.34. The summed E-state index contributed by atoms with van der Waals surface area (Å²) in [5.74, 6) is 0.184. The van der Waals surface area contributed by atoms with Crippen LogP contribution in [0.4, 0.5) is 0 Å². The fourth-order valence-electron chi connectivity index (χ4n) is 2.10. The van der Waals surface area contributed by atoms with Gasteiger partial charge in [0.25, 0.3) is 0 Å². The van der Waals surface area contributed by atoms with Crippen LogP contribution in [0.2, 0.25) is 0 Å². The second-order valence-electron chi connectivity index (χ2n) is 4.79. The number of carbonyl (C=O) groups is 1. The molecule has 0 aliphatic carbocycles. The van der Waals surface area contributed by atoms with Gasteiger partial charge in [-0.2, -0.15) is 0 Å². The van der Waals surface area contributed by atoms with Gasteiger partial charge in [-0.05, 0) is 25.9 Å². The first-order valence-electron chi connectivity index (χ1n) is 7.02. The van der Waals surface area contributed by atoms with Crippen molar-refractivity contribution in [2.45, 2.75) is 39.0 Å². The van der Waals surface area contributed by atoms with Gasteiger partial charge in [-0.1, -0.05) is 26.2 Å². The monoisotopic (exact) mass is 241 g/mol. The van der Waals surface area contributed by atoms with Crippen molar-refractivity contribution in [2.75, 3.05) is 39.3 Å². The number of hydrogen-bond donors (Lipinski definition) is 2. The third-order valence-corrected chi connectivity index (χ3v) is 3.15. The highest BCUT2D eigenvalue weighted by molar-refractivity contribution is 5.77. The van der Waals surface area contributed by atoms with Crippen molar-refractivity contribution in [1.29, 1.82) is 0 Å². The summed E-state index contributed by atoms with van der Waals surface area (Å²) >= 11 is 0. The summed E-state index contributed by atoms with van der Waals surface area (Å²) < 4.78 is 0. The first-order chi connectivity index (χ1) is 8.33. The van der Waals surface area contributed by atoms with E-state index in [-0.39, 0.29) is 5.91 Å². The van der Waals surface area contributed by atoms with Gasteiger partial charge in [0.05, 0.1) is 6.54 Å². The Morgan fingerprint density at radius 2 is 2.12 bits per heavy atom. The summed E-state index contributed by atoms with van der Waals surface area (Å²) in [6, 6.07) is 0. The molecule has 1 fully saturated rings. The van der Waals surface area contributed by atoms with Crippen molar-refractivity contribution in [3.05, 3.63) is 0 Å². The van der Waals surface area contributed by atoms with Crippen LogP contribution in [0.25, 0.3) is 0 Å². The van der Waals surface area contributed by atoms with Gasteiger partial charge in [0, 0.05) is 19.6 Å². The zero-order chi connectivity index (χ0) is 12.3. The Morgan fingerprint density at radius 3 is 2.94 bits per heavy atom. The number of nitrogens with one attached hydrogen (secondary N) is 2. The zero-order valence-corrected chi connectivity index (χ0v) is 11.1. The molecule has 0 aromatic carbocycles. The van der Waals surface area contributed by atoms with Crippen LogP contribution < -0.4 is 10.6 Å². The van der Waals surface area contributed by atoms with E-state index < -0.39 is 0 Å². The maximum Gasteiger partial charge on any atom is 0.234 e. The van der Waals surface area contributed by atoms with Crippen LogP contribution in [0.1, 0.15) is 39.0 Å². The minimum absolute atomic E-state index is 0.184. The predicted octanol–water partition coefficient (Wildman–Crippen LogP) is 0.978. The average molecular weight is 241 g/mol. The molecule has 0 saturated carbocycles. The first-order valence-corrected chi connectivity index (χ1v) is 7.02. The first kappa shape index (κ1) is 14.5. The molecule has 0 aromatic rings. The molecule has 0 unspecified atom stereocenters. The molecule has 0 bridgehead atoms. The van der Waals surface area contributed by atoms with E-state index in [9.17, 15) is 4.79 Å².